The van der Waals surface area contributed by atoms with Gasteiger partial charge in [-0.15, -0.1) is 0 Å². The molecule has 0 aromatic carbocycles. The summed E-state index contributed by atoms with van der Waals surface area (Å²) in [4.78, 5) is 19.0. The van der Waals surface area contributed by atoms with Crippen LogP contribution in [0.3, 0.4) is 0 Å². The van der Waals surface area contributed by atoms with Crippen molar-refractivity contribution in [2.24, 2.45) is 40.2 Å². The second-order valence-electron chi connectivity index (χ2n) is 11.0. The number of rotatable bonds is 1. The molecule has 0 bridgehead atoms. The topological polar surface area (TPSA) is 59.2 Å². The molecule has 2 N–H and O–H groups in total. The molecule has 4 aliphatic rings. The van der Waals surface area contributed by atoms with E-state index in [4.69, 9.17) is 0 Å². The second kappa shape index (κ2) is 8.35. The zero-order valence-corrected chi connectivity index (χ0v) is 20.2. The smallest absolute Gasteiger partial charge is 0.222 e. The van der Waals surface area contributed by atoms with E-state index in [1.54, 1.807) is 5.57 Å². The molecule has 0 radical (unpaired) electrons. The zero-order chi connectivity index (χ0) is 22.4. The minimum Gasteiger partial charge on any atom is -0.346 e. The van der Waals surface area contributed by atoms with Crippen LogP contribution in [-0.4, -0.2) is 36.4 Å². The van der Waals surface area contributed by atoms with Crippen LogP contribution in [-0.2, 0) is 4.79 Å². The van der Waals surface area contributed by atoms with Crippen LogP contribution in [0.25, 0.3) is 5.57 Å². The molecular formula is C27H41N3O. The fraction of sp³-hybridized carbons (Fsp3) is 0.704. The lowest BCUT2D eigenvalue weighted by Crippen LogP contribution is -2.51. The number of nitrogens with two attached hydrogens (primary N) is 1. The van der Waals surface area contributed by atoms with Crippen molar-refractivity contribution in [1.29, 1.82) is 0 Å². The molecule has 4 heteroatoms. The van der Waals surface area contributed by atoms with E-state index in [1.165, 1.54) is 56.7 Å². The van der Waals surface area contributed by atoms with Crippen LogP contribution >= 0.6 is 0 Å². The van der Waals surface area contributed by atoms with E-state index in [0.29, 0.717) is 17.2 Å². The van der Waals surface area contributed by atoms with Crippen molar-refractivity contribution in [1.82, 2.24) is 9.88 Å². The summed E-state index contributed by atoms with van der Waals surface area (Å²) in [7, 11) is 3.50. The third kappa shape index (κ3) is 3.55. The van der Waals surface area contributed by atoms with Crippen molar-refractivity contribution >= 4 is 11.5 Å². The minimum atomic E-state index is 0.289. The van der Waals surface area contributed by atoms with E-state index in [2.05, 4.69) is 49.8 Å². The maximum absolute atomic E-state index is 12.5. The van der Waals surface area contributed by atoms with Gasteiger partial charge in [-0.05, 0) is 110 Å². The maximum Gasteiger partial charge on any atom is 0.222 e. The summed E-state index contributed by atoms with van der Waals surface area (Å²) in [5.41, 5.74) is 9.27. The lowest BCUT2D eigenvalue weighted by atomic mass is 9.46. The highest BCUT2D eigenvalue weighted by molar-refractivity contribution is 5.76. The SMILES string of the molecule is CN.Cc1cncc(C2=CCC3C4CCC5CC(=O)N(C)CCC5(C)C4CCC23C)c1. The van der Waals surface area contributed by atoms with Gasteiger partial charge in [-0.25, -0.2) is 0 Å². The summed E-state index contributed by atoms with van der Waals surface area (Å²) >= 11 is 0. The van der Waals surface area contributed by atoms with Crippen molar-refractivity contribution in [3.05, 3.63) is 35.7 Å². The molecule has 1 saturated heterocycles. The van der Waals surface area contributed by atoms with Gasteiger partial charge in [-0.3, -0.25) is 9.78 Å². The van der Waals surface area contributed by atoms with E-state index in [0.717, 1.165) is 30.7 Å². The van der Waals surface area contributed by atoms with Gasteiger partial charge in [0.2, 0.25) is 5.91 Å². The van der Waals surface area contributed by atoms with Crippen LogP contribution in [0.4, 0.5) is 0 Å². The van der Waals surface area contributed by atoms with Gasteiger partial charge in [0.1, 0.15) is 0 Å². The number of aromatic nitrogens is 1. The summed E-state index contributed by atoms with van der Waals surface area (Å²) in [6.07, 6.45) is 14.9. The van der Waals surface area contributed by atoms with Crippen molar-refractivity contribution in [2.75, 3.05) is 20.6 Å². The van der Waals surface area contributed by atoms with E-state index in [1.807, 2.05) is 18.1 Å². The summed E-state index contributed by atoms with van der Waals surface area (Å²) in [6, 6.07) is 2.32. The van der Waals surface area contributed by atoms with Gasteiger partial charge in [0.15, 0.2) is 0 Å². The number of pyridine rings is 1. The standard InChI is InChI=1S/C26H36N2O.CH5N/c1-17-13-18(16-27-15-17)21-7-8-22-20-6-5-19-14-24(29)28(4)12-11-25(19,2)23(20)9-10-26(21,22)3;1-2/h7,13,15-16,19-20,22-23H,5-6,8-12,14H2,1-4H3;2H2,1H3. The second-order valence-corrected chi connectivity index (χ2v) is 11.0. The first-order chi connectivity index (χ1) is 14.8. The van der Waals surface area contributed by atoms with E-state index in [9.17, 15) is 4.79 Å². The Morgan fingerprint density at radius 2 is 1.87 bits per heavy atom. The van der Waals surface area contributed by atoms with E-state index < -0.39 is 0 Å². The number of hydrogen-bond donors (Lipinski definition) is 1. The summed E-state index contributed by atoms with van der Waals surface area (Å²) in [5, 5.41) is 0. The normalized spacial score (nSPS) is 39.4. The number of fused-ring (bicyclic) bond motifs is 5. The van der Waals surface area contributed by atoms with E-state index >= 15 is 0 Å². The first kappa shape index (κ1) is 22.5. The molecule has 6 atom stereocenters. The van der Waals surface area contributed by atoms with Crippen LogP contribution in [0.2, 0.25) is 0 Å². The fourth-order valence-electron chi connectivity index (χ4n) is 7.88. The number of likely N-dealkylation sites (tertiary alicyclic amines) is 1. The number of allylic oxidation sites excluding steroid dienone is 2. The average Bonchev–Trinajstić information content (AvgIpc) is 3.07. The highest BCUT2D eigenvalue weighted by Gasteiger charge is 2.58. The number of carbonyl (C=O) groups is 1. The van der Waals surface area contributed by atoms with Crippen LogP contribution < -0.4 is 5.73 Å². The van der Waals surface area contributed by atoms with Crippen LogP contribution in [0.5, 0.6) is 0 Å². The van der Waals surface area contributed by atoms with Crippen molar-refractivity contribution in [3.8, 4) is 0 Å². The number of hydrogen-bond acceptors (Lipinski definition) is 3. The molecule has 1 amide bonds. The molecule has 4 nitrogen and oxygen atoms in total. The number of aryl methyl sites for hydroxylation is 1. The lowest BCUT2D eigenvalue weighted by Gasteiger charge is -2.58. The van der Waals surface area contributed by atoms with Gasteiger partial charge in [0, 0.05) is 32.4 Å². The first-order valence-corrected chi connectivity index (χ1v) is 12.3. The third-order valence-electron chi connectivity index (χ3n) is 9.66. The highest BCUT2D eigenvalue weighted by Crippen LogP contribution is 2.66. The fourth-order valence-corrected chi connectivity index (χ4v) is 7.88. The van der Waals surface area contributed by atoms with Crippen molar-refractivity contribution in [3.63, 3.8) is 0 Å². The summed E-state index contributed by atoms with van der Waals surface area (Å²) < 4.78 is 0. The number of nitrogens with zero attached hydrogens (tertiary/aromatic N) is 2. The van der Waals surface area contributed by atoms with Crippen LogP contribution in [0.1, 0.15) is 69.9 Å². The molecule has 3 aliphatic carbocycles. The number of amides is 1. The molecule has 1 aromatic heterocycles. The molecular weight excluding hydrogens is 382 g/mol. The largest absolute Gasteiger partial charge is 0.346 e. The van der Waals surface area contributed by atoms with Gasteiger partial charge >= 0.3 is 0 Å². The summed E-state index contributed by atoms with van der Waals surface area (Å²) in [5.74, 6) is 3.29. The molecule has 1 aromatic rings. The molecule has 5 rings (SSSR count). The van der Waals surface area contributed by atoms with Gasteiger partial charge in [-0.2, -0.15) is 0 Å². The van der Waals surface area contributed by atoms with Gasteiger partial charge in [0.05, 0.1) is 0 Å². The Balaban J connectivity index is 0.00000112. The monoisotopic (exact) mass is 423 g/mol. The van der Waals surface area contributed by atoms with Crippen molar-refractivity contribution in [2.45, 2.75) is 65.7 Å². The lowest BCUT2D eigenvalue weighted by molar-refractivity contribution is -0.131. The predicted octanol–water partition coefficient (Wildman–Crippen LogP) is 5.07. The molecule has 1 aliphatic heterocycles. The van der Waals surface area contributed by atoms with Crippen molar-refractivity contribution < 1.29 is 4.79 Å². The van der Waals surface area contributed by atoms with Gasteiger partial charge < -0.3 is 10.6 Å². The van der Waals surface area contributed by atoms with E-state index in [-0.39, 0.29) is 5.41 Å². The molecule has 31 heavy (non-hydrogen) atoms. The van der Waals surface area contributed by atoms with Gasteiger partial charge in [-0.1, -0.05) is 19.9 Å². The molecule has 2 saturated carbocycles. The Hall–Kier alpha value is -1.68. The Kier molecular flexibility index (Phi) is 6.06. The zero-order valence-electron chi connectivity index (χ0n) is 20.2. The minimum absolute atomic E-state index is 0.289. The molecule has 6 unspecified atom stereocenters. The Morgan fingerprint density at radius 3 is 2.61 bits per heavy atom. The van der Waals surface area contributed by atoms with Crippen LogP contribution in [0.15, 0.2) is 24.5 Å². The predicted molar refractivity (Wildman–Crippen MR) is 127 cm³/mol. The Morgan fingerprint density at radius 1 is 1.10 bits per heavy atom. The third-order valence-corrected chi connectivity index (χ3v) is 9.66. The number of carbonyl (C=O) groups excluding carboxylic acids is 1. The Labute approximate surface area is 188 Å². The summed E-state index contributed by atoms with van der Waals surface area (Å²) in [6.45, 7) is 8.16. The van der Waals surface area contributed by atoms with Crippen LogP contribution in [0, 0.1) is 41.4 Å². The average molecular weight is 424 g/mol. The highest BCUT2D eigenvalue weighted by atomic mass is 16.2. The quantitative estimate of drug-likeness (QED) is 0.686. The maximum atomic E-state index is 12.5. The molecule has 0 spiro atoms. The molecule has 170 valence electrons. The first-order valence-electron chi connectivity index (χ1n) is 12.3. The van der Waals surface area contributed by atoms with Gasteiger partial charge in [0.25, 0.3) is 0 Å². The Bertz CT molecular complexity index is 864. The molecule has 2 heterocycles. The molecule has 3 fully saturated rings.